The van der Waals surface area contributed by atoms with Crippen LogP contribution in [0.4, 0.5) is 10.5 Å². The van der Waals surface area contributed by atoms with Crippen LogP contribution in [0.25, 0.3) is 6.08 Å². The summed E-state index contributed by atoms with van der Waals surface area (Å²) >= 11 is 0. The van der Waals surface area contributed by atoms with Crippen molar-refractivity contribution in [1.29, 1.82) is 0 Å². The summed E-state index contributed by atoms with van der Waals surface area (Å²) in [6.07, 6.45) is 5.73. The molecule has 0 saturated heterocycles. The highest BCUT2D eigenvalue weighted by Gasteiger charge is 2.38. The Morgan fingerprint density at radius 2 is 1.72 bits per heavy atom. The molecule has 0 spiro atoms. The molecule has 36 heavy (non-hydrogen) atoms. The molecule has 1 saturated carbocycles. The van der Waals surface area contributed by atoms with Crippen molar-refractivity contribution in [3.8, 4) is 0 Å². The van der Waals surface area contributed by atoms with E-state index in [1.807, 2.05) is 69.3 Å². The van der Waals surface area contributed by atoms with Crippen LogP contribution in [0.5, 0.6) is 0 Å². The second-order valence-electron chi connectivity index (χ2n) is 10.1. The Balaban J connectivity index is 1.35. The predicted molar refractivity (Wildman–Crippen MR) is 141 cm³/mol. The van der Waals surface area contributed by atoms with Crippen LogP contribution in [0.15, 0.2) is 54.6 Å². The Kier molecular flexibility index (Phi) is 9.28. The number of alkyl carbamates (subject to hydrolysis) is 1. The third-order valence-corrected chi connectivity index (χ3v) is 5.91. The van der Waals surface area contributed by atoms with E-state index in [0.29, 0.717) is 24.8 Å². The minimum absolute atomic E-state index is 0.00811. The highest BCUT2D eigenvalue weighted by molar-refractivity contribution is 5.90. The molecule has 0 radical (unpaired) electrons. The van der Waals surface area contributed by atoms with Gasteiger partial charge in [-0.3, -0.25) is 4.79 Å². The first-order valence-corrected chi connectivity index (χ1v) is 12.3. The van der Waals surface area contributed by atoms with Gasteiger partial charge in [-0.1, -0.05) is 36.4 Å². The maximum atomic E-state index is 12.3. The second-order valence-corrected chi connectivity index (χ2v) is 10.1. The summed E-state index contributed by atoms with van der Waals surface area (Å²) < 4.78 is 9.87. The van der Waals surface area contributed by atoms with Crippen molar-refractivity contribution in [1.82, 2.24) is 5.32 Å². The number of ether oxygens (including phenoxy) is 2. The Bertz CT molecular complexity index is 1070. The number of carbonyl (C=O) groups is 3. The molecule has 0 heterocycles. The van der Waals surface area contributed by atoms with Gasteiger partial charge in [-0.05, 0) is 86.8 Å². The van der Waals surface area contributed by atoms with Crippen molar-refractivity contribution < 1.29 is 23.9 Å². The maximum absolute atomic E-state index is 12.3. The van der Waals surface area contributed by atoms with Crippen LogP contribution < -0.4 is 10.6 Å². The number of amides is 2. The van der Waals surface area contributed by atoms with Crippen LogP contribution in [0.3, 0.4) is 0 Å². The van der Waals surface area contributed by atoms with Crippen LogP contribution in [0, 0.1) is 5.92 Å². The zero-order valence-electron chi connectivity index (χ0n) is 21.5. The monoisotopic (exact) mass is 492 g/mol. The fraction of sp³-hybridized carbons (Fsp3) is 0.414. The summed E-state index contributed by atoms with van der Waals surface area (Å²) in [5.41, 5.74) is 3.57. The predicted octanol–water partition coefficient (Wildman–Crippen LogP) is 5.46. The van der Waals surface area contributed by atoms with Crippen molar-refractivity contribution in [2.45, 2.75) is 58.0 Å². The molecule has 1 fully saturated rings. The molecule has 0 bridgehead atoms. The zero-order valence-corrected chi connectivity index (χ0v) is 21.5. The van der Waals surface area contributed by atoms with E-state index in [9.17, 15) is 14.4 Å². The van der Waals surface area contributed by atoms with Crippen molar-refractivity contribution >= 4 is 29.7 Å². The van der Waals surface area contributed by atoms with Gasteiger partial charge >= 0.3 is 12.1 Å². The molecule has 2 unspecified atom stereocenters. The van der Waals surface area contributed by atoms with E-state index in [1.54, 1.807) is 6.08 Å². The third-order valence-electron chi connectivity index (χ3n) is 5.91. The molecule has 2 amide bonds. The maximum Gasteiger partial charge on any atom is 0.407 e. The Morgan fingerprint density at radius 3 is 2.36 bits per heavy atom. The molecular formula is C29H36N2O5. The molecule has 0 aliphatic heterocycles. The van der Waals surface area contributed by atoms with E-state index in [4.69, 9.17) is 4.74 Å². The number of hydrogen-bond acceptors (Lipinski definition) is 5. The van der Waals surface area contributed by atoms with E-state index < -0.39 is 5.60 Å². The van der Waals surface area contributed by atoms with Crippen molar-refractivity contribution in [2.24, 2.45) is 5.92 Å². The molecule has 0 aromatic heterocycles. The van der Waals surface area contributed by atoms with Crippen LogP contribution in [0.2, 0.25) is 0 Å². The highest BCUT2D eigenvalue weighted by atomic mass is 16.6. The van der Waals surface area contributed by atoms with Crippen LogP contribution in [-0.2, 0) is 25.5 Å². The van der Waals surface area contributed by atoms with E-state index >= 15 is 0 Å². The fourth-order valence-corrected chi connectivity index (χ4v) is 3.93. The lowest BCUT2D eigenvalue weighted by atomic mass is 10.1. The average molecular weight is 493 g/mol. The standard InChI is InChI=1S/C29H36N2O5/c1-29(2,3)36-28(34)30-19-23-18-25(23)22-13-15-24(16-14-22)31-26(32)7-5-6-20-8-10-21(11-9-20)12-17-27(33)35-4/h8-17,23,25H,5-7,18-19H2,1-4H3,(H,30,34)(H,31,32)/b17-12+. The molecule has 7 nitrogen and oxygen atoms in total. The molecule has 2 aromatic rings. The quantitative estimate of drug-likeness (QED) is 0.339. The van der Waals surface area contributed by atoms with E-state index in [-0.39, 0.29) is 18.0 Å². The van der Waals surface area contributed by atoms with Crippen molar-refractivity contribution in [3.63, 3.8) is 0 Å². The molecule has 192 valence electrons. The molecule has 2 atom stereocenters. The van der Waals surface area contributed by atoms with Gasteiger partial charge in [-0.15, -0.1) is 0 Å². The summed E-state index contributed by atoms with van der Waals surface area (Å²) in [6, 6.07) is 15.8. The molecule has 2 N–H and O–H groups in total. The van der Waals surface area contributed by atoms with Crippen molar-refractivity contribution in [2.75, 3.05) is 19.0 Å². The lowest BCUT2D eigenvalue weighted by Gasteiger charge is -2.19. The first kappa shape index (κ1) is 27.0. The second kappa shape index (κ2) is 12.4. The van der Waals surface area contributed by atoms with Crippen LogP contribution in [0.1, 0.15) is 62.6 Å². The van der Waals surface area contributed by atoms with Crippen molar-refractivity contribution in [3.05, 3.63) is 71.3 Å². The van der Waals surface area contributed by atoms with Gasteiger partial charge in [0.15, 0.2) is 0 Å². The number of benzene rings is 2. The fourth-order valence-electron chi connectivity index (χ4n) is 3.93. The number of nitrogens with one attached hydrogen (secondary N) is 2. The lowest BCUT2D eigenvalue weighted by molar-refractivity contribution is -0.134. The summed E-state index contributed by atoms with van der Waals surface area (Å²) in [7, 11) is 1.35. The third kappa shape index (κ3) is 9.21. The summed E-state index contributed by atoms with van der Waals surface area (Å²) in [6.45, 7) is 6.15. The molecule has 7 heteroatoms. The minimum atomic E-state index is -0.496. The minimum Gasteiger partial charge on any atom is -0.466 e. The Labute approximate surface area is 213 Å². The number of methoxy groups -OCH3 is 1. The van der Waals surface area contributed by atoms with E-state index in [1.165, 1.54) is 18.7 Å². The van der Waals surface area contributed by atoms with Gasteiger partial charge in [0, 0.05) is 24.7 Å². The Morgan fingerprint density at radius 1 is 1.03 bits per heavy atom. The topological polar surface area (TPSA) is 93.7 Å². The first-order chi connectivity index (χ1) is 17.1. The summed E-state index contributed by atoms with van der Waals surface area (Å²) in [5.74, 6) is 0.443. The summed E-state index contributed by atoms with van der Waals surface area (Å²) in [4.78, 5) is 35.3. The Hall–Kier alpha value is -3.61. The molecule has 1 aliphatic rings. The van der Waals surface area contributed by atoms with Gasteiger partial charge in [0.1, 0.15) is 5.60 Å². The normalized spacial score (nSPS) is 16.9. The number of esters is 1. The number of carbonyl (C=O) groups excluding carboxylic acids is 3. The van der Waals surface area contributed by atoms with Gasteiger partial charge in [0.05, 0.1) is 7.11 Å². The van der Waals surface area contributed by atoms with Gasteiger partial charge in [-0.2, -0.15) is 0 Å². The smallest absolute Gasteiger partial charge is 0.407 e. The van der Waals surface area contributed by atoms with Crippen LogP contribution >= 0.6 is 0 Å². The van der Waals surface area contributed by atoms with Crippen LogP contribution in [-0.4, -0.2) is 37.2 Å². The largest absolute Gasteiger partial charge is 0.466 e. The number of aryl methyl sites for hydroxylation is 1. The first-order valence-electron chi connectivity index (χ1n) is 12.3. The van der Waals surface area contributed by atoms with Gasteiger partial charge in [0.2, 0.25) is 5.91 Å². The zero-order chi connectivity index (χ0) is 26.1. The van der Waals surface area contributed by atoms with E-state index in [2.05, 4.69) is 15.4 Å². The lowest BCUT2D eigenvalue weighted by Crippen LogP contribution is -2.33. The molecule has 2 aromatic carbocycles. The molecule has 1 aliphatic carbocycles. The molecule has 3 rings (SSSR count). The number of rotatable bonds is 10. The van der Waals surface area contributed by atoms with Gasteiger partial charge in [0.25, 0.3) is 0 Å². The highest BCUT2D eigenvalue weighted by Crippen LogP contribution is 2.47. The summed E-state index contributed by atoms with van der Waals surface area (Å²) in [5, 5.41) is 5.81. The van der Waals surface area contributed by atoms with E-state index in [0.717, 1.165) is 36.1 Å². The SMILES string of the molecule is COC(=O)/C=C/c1ccc(CCCC(=O)Nc2ccc(C3CC3CNC(=O)OC(C)(C)C)cc2)cc1. The number of hydrogen-bond donors (Lipinski definition) is 2. The van der Waals surface area contributed by atoms with Gasteiger partial charge in [-0.25, -0.2) is 9.59 Å². The van der Waals surface area contributed by atoms with Gasteiger partial charge < -0.3 is 20.1 Å². The average Bonchev–Trinajstić information content (AvgIpc) is 3.61. The number of anilines is 1. The molecular weight excluding hydrogens is 456 g/mol.